The highest BCUT2D eigenvalue weighted by atomic mass is 16.1. The van der Waals surface area contributed by atoms with E-state index in [2.05, 4.69) is 17.6 Å². The van der Waals surface area contributed by atoms with Gasteiger partial charge in [0.05, 0.1) is 0 Å². The first-order chi connectivity index (χ1) is 10.2. The quantitative estimate of drug-likeness (QED) is 0.908. The molecule has 3 rings (SSSR count). The van der Waals surface area contributed by atoms with Gasteiger partial charge in [0.2, 0.25) is 0 Å². The van der Waals surface area contributed by atoms with E-state index in [-0.39, 0.29) is 5.91 Å². The first-order valence-corrected chi connectivity index (χ1v) is 7.73. The number of benzene rings is 2. The second kappa shape index (κ2) is 6.27. The maximum atomic E-state index is 12.4. The molecule has 0 bridgehead atoms. The van der Waals surface area contributed by atoms with Gasteiger partial charge in [-0.05, 0) is 49.1 Å². The van der Waals surface area contributed by atoms with Crippen molar-refractivity contribution in [2.45, 2.75) is 25.8 Å². The van der Waals surface area contributed by atoms with Crippen molar-refractivity contribution in [3.8, 4) is 0 Å². The van der Waals surface area contributed by atoms with Crippen LogP contribution < -0.4 is 10.6 Å². The van der Waals surface area contributed by atoms with Crippen molar-refractivity contribution < 1.29 is 4.79 Å². The zero-order valence-electron chi connectivity index (χ0n) is 12.4. The standard InChI is InChI=1S/C18H22N2O/c1-13-9-10-14(11-19-13)12-20-18(21)17-8-4-6-15-5-2-3-7-16(15)17/h2-8,13-14,19H,9-12H2,1H3,(H,20,21). The van der Waals surface area contributed by atoms with E-state index in [0.29, 0.717) is 12.0 Å². The molecule has 2 unspecified atom stereocenters. The van der Waals surface area contributed by atoms with E-state index in [4.69, 9.17) is 0 Å². The van der Waals surface area contributed by atoms with E-state index in [1.165, 1.54) is 12.8 Å². The van der Waals surface area contributed by atoms with Gasteiger partial charge in [-0.15, -0.1) is 0 Å². The zero-order valence-corrected chi connectivity index (χ0v) is 12.4. The normalized spacial score (nSPS) is 22.1. The molecule has 1 fully saturated rings. The van der Waals surface area contributed by atoms with Crippen molar-refractivity contribution in [3.63, 3.8) is 0 Å². The van der Waals surface area contributed by atoms with Crippen LogP contribution in [-0.2, 0) is 0 Å². The lowest BCUT2D eigenvalue weighted by atomic mass is 9.95. The predicted molar refractivity (Wildman–Crippen MR) is 86.5 cm³/mol. The molecule has 3 heteroatoms. The molecule has 0 saturated carbocycles. The number of piperidine rings is 1. The van der Waals surface area contributed by atoms with Crippen molar-refractivity contribution in [2.24, 2.45) is 5.92 Å². The summed E-state index contributed by atoms with van der Waals surface area (Å²) in [4.78, 5) is 12.4. The Morgan fingerprint density at radius 2 is 2.00 bits per heavy atom. The summed E-state index contributed by atoms with van der Waals surface area (Å²) in [5, 5.41) is 8.70. The monoisotopic (exact) mass is 282 g/mol. The first-order valence-electron chi connectivity index (χ1n) is 7.73. The largest absolute Gasteiger partial charge is 0.352 e. The van der Waals surface area contributed by atoms with Crippen LogP contribution in [0.25, 0.3) is 10.8 Å². The highest BCUT2D eigenvalue weighted by Gasteiger charge is 2.18. The molecular weight excluding hydrogens is 260 g/mol. The molecule has 1 heterocycles. The van der Waals surface area contributed by atoms with Crippen molar-refractivity contribution in [3.05, 3.63) is 48.0 Å². The lowest BCUT2D eigenvalue weighted by Crippen LogP contribution is -2.42. The molecule has 1 aliphatic heterocycles. The minimum atomic E-state index is 0.0328. The fourth-order valence-corrected chi connectivity index (χ4v) is 2.99. The van der Waals surface area contributed by atoms with Crippen molar-refractivity contribution >= 4 is 16.7 Å². The summed E-state index contributed by atoms with van der Waals surface area (Å²) in [7, 11) is 0. The maximum absolute atomic E-state index is 12.4. The van der Waals surface area contributed by atoms with E-state index in [9.17, 15) is 4.79 Å². The Morgan fingerprint density at radius 3 is 2.81 bits per heavy atom. The smallest absolute Gasteiger partial charge is 0.251 e. The molecule has 0 radical (unpaired) electrons. The molecule has 0 aliphatic carbocycles. The Hall–Kier alpha value is -1.87. The number of carbonyl (C=O) groups excluding carboxylic acids is 1. The molecule has 1 aliphatic rings. The summed E-state index contributed by atoms with van der Waals surface area (Å²) in [6, 6.07) is 14.5. The van der Waals surface area contributed by atoms with Crippen LogP contribution in [0.4, 0.5) is 0 Å². The van der Waals surface area contributed by atoms with Crippen LogP contribution in [0.3, 0.4) is 0 Å². The fraction of sp³-hybridized carbons (Fsp3) is 0.389. The minimum absolute atomic E-state index is 0.0328. The Balaban J connectivity index is 1.67. The van der Waals surface area contributed by atoms with Gasteiger partial charge in [0.25, 0.3) is 5.91 Å². The second-order valence-electron chi connectivity index (χ2n) is 5.99. The third-order valence-electron chi connectivity index (χ3n) is 4.35. The molecule has 1 saturated heterocycles. The molecule has 2 atom stereocenters. The number of hydrogen-bond acceptors (Lipinski definition) is 2. The number of rotatable bonds is 3. The Bertz CT molecular complexity index is 625. The van der Waals surface area contributed by atoms with Crippen LogP contribution in [0.15, 0.2) is 42.5 Å². The molecule has 2 aromatic rings. The number of hydrogen-bond donors (Lipinski definition) is 2. The molecular formula is C18H22N2O. The van der Waals surface area contributed by atoms with Crippen LogP contribution in [0.2, 0.25) is 0 Å². The molecule has 0 aromatic heterocycles. The Labute approximate surface area is 125 Å². The minimum Gasteiger partial charge on any atom is -0.352 e. The van der Waals surface area contributed by atoms with Crippen LogP contribution in [0, 0.1) is 5.92 Å². The summed E-state index contributed by atoms with van der Waals surface area (Å²) < 4.78 is 0. The third kappa shape index (κ3) is 3.24. The highest BCUT2D eigenvalue weighted by molar-refractivity contribution is 6.06. The average Bonchev–Trinajstić information content (AvgIpc) is 2.53. The number of nitrogens with one attached hydrogen (secondary N) is 2. The van der Waals surface area contributed by atoms with E-state index in [1.807, 2.05) is 42.5 Å². The van der Waals surface area contributed by atoms with Gasteiger partial charge >= 0.3 is 0 Å². The number of amides is 1. The summed E-state index contributed by atoms with van der Waals surface area (Å²) in [6.45, 7) is 3.96. The summed E-state index contributed by atoms with van der Waals surface area (Å²) in [6.07, 6.45) is 2.37. The Morgan fingerprint density at radius 1 is 1.19 bits per heavy atom. The SMILES string of the molecule is CC1CCC(CNC(=O)c2cccc3ccccc23)CN1. The lowest BCUT2D eigenvalue weighted by Gasteiger charge is -2.27. The molecule has 3 nitrogen and oxygen atoms in total. The number of carbonyl (C=O) groups is 1. The summed E-state index contributed by atoms with van der Waals surface area (Å²) >= 11 is 0. The lowest BCUT2D eigenvalue weighted by molar-refractivity contribution is 0.0945. The van der Waals surface area contributed by atoms with Crippen LogP contribution in [0.1, 0.15) is 30.1 Å². The first kappa shape index (κ1) is 14.1. The highest BCUT2D eigenvalue weighted by Crippen LogP contribution is 2.19. The number of fused-ring (bicyclic) bond motifs is 1. The van der Waals surface area contributed by atoms with E-state index in [1.54, 1.807) is 0 Å². The van der Waals surface area contributed by atoms with Crippen LogP contribution in [0.5, 0.6) is 0 Å². The van der Waals surface area contributed by atoms with Crippen molar-refractivity contribution in [2.75, 3.05) is 13.1 Å². The van der Waals surface area contributed by atoms with Gasteiger partial charge in [0, 0.05) is 18.2 Å². The van der Waals surface area contributed by atoms with E-state index >= 15 is 0 Å². The van der Waals surface area contributed by atoms with Gasteiger partial charge in [0.1, 0.15) is 0 Å². The van der Waals surface area contributed by atoms with Crippen molar-refractivity contribution in [1.82, 2.24) is 10.6 Å². The summed E-state index contributed by atoms with van der Waals surface area (Å²) in [5.41, 5.74) is 0.769. The van der Waals surface area contributed by atoms with Gasteiger partial charge in [-0.25, -0.2) is 0 Å². The van der Waals surface area contributed by atoms with Gasteiger partial charge in [-0.1, -0.05) is 36.4 Å². The second-order valence-corrected chi connectivity index (χ2v) is 5.99. The molecule has 0 spiro atoms. The van der Waals surface area contributed by atoms with Crippen molar-refractivity contribution in [1.29, 1.82) is 0 Å². The Kier molecular flexibility index (Phi) is 4.20. The third-order valence-corrected chi connectivity index (χ3v) is 4.35. The molecule has 110 valence electrons. The summed E-state index contributed by atoms with van der Waals surface area (Å²) in [5.74, 6) is 0.575. The van der Waals surface area contributed by atoms with Gasteiger partial charge in [-0.3, -0.25) is 4.79 Å². The molecule has 1 amide bonds. The van der Waals surface area contributed by atoms with Gasteiger partial charge in [-0.2, -0.15) is 0 Å². The van der Waals surface area contributed by atoms with Gasteiger partial charge < -0.3 is 10.6 Å². The zero-order chi connectivity index (χ0) is 14.7. The molecule has 2 aromatic carbocycles. The van der Waals surface area contributed by atoms with Crippen LogP contribution in [-0.4, -0.2) is 25.0 Å². The average molecular weight is 282 g/mol. The van der Waals surface area contributed by atoms with E-state index in [0.717, 1.165) is 29.4 Å². The maximum Gasteiger partial charge on any atom is 0.251 e. The predicted octanol–water partition coefficient (Wildman–Crippen LogP) is 2.96. The van der Waals surface area contributed by atoms with E-state index < -0.39 is 0 Å². The fourth-order valence-electron chi connectivity index (χ4n) is 2.99. The molecule has 2 N–H and O–H groups in total. The molecule has 21 heavy (non-hydrogen) atoms. The van der Waals surface area contributed by atoms with Crippen LogP contribution >= 0.6 is 0 Å². The van der Waals surface area contributed by atoms with Gasteiger partial charge in [0.15, 0.2) is 0 Å². The topological polar surface area (TPSA) is 41.1 Å².